The second-order valence-corrected chi connectivity index (χ2v) is 4.76. The third-order valence-electron chi connectivity index (χ3n) is 2.97. The summed E-state index contributed by atoms with van der Waals surface area (Å²) >= 11 is 5.98. The molecule has 0 spiro atoms. The predicted octanol–water partition coefficient (Wildman–Crippen LogP) is 3.08. The van der Waals surface area contributed by atoms with E-state index >= 15 is 0 Å². The molecule has 0 aliphatic rings. The summed E-state index contributed by atoms with van der Waals surface area (Å²) < 4.78 is 5.27. The molecule has 2 aromatic carbocycles. The number of carbonyl (C=O) groups excluding carboxylic acids is 1. The summed E-state index contributed by atoms with van der Waals surface area (Å²) in [5, 5.41) is 12.4. The quantitative estimate of drug-likeness (QED) is 0.586. The number of hydrogen-bond acceptors (Lipinski definition) is 4. The maximum Gasteiger partial charge on any atom is 0.274 e. The van der Waals surface area contributed by atoms with Crippen LogP contribution in [0.15, 0.2) is 42.5 Å². The molecule has 0 heterocycles. The fourth-order valence-corrected chi connectivity index (χ4v) is 2.08. The number of anilines is 1. The van der Waals surface area contributed by atoms with Gasteiger partial charge in [0.1, 0.15) is 5.75 Å². The minimum absolute atomic E-state index is 0.378. The first-order valence-corrected chi connectivity index (χ1v) is 6.62. The van der Waals surface area contributed by atoms with Crippen molar-refractivity contribution in [2.45, 2.75) is 6.54 Å². The minimum atomic E-state index is -0.543. The van der Waals surface area contributed by atoms with Gasteiger partial charge in [0.2, 0.25) is 0 Å². The molecule has 2 rings (SSSR count). The average molecular weight is 307 g/mol. The molecule has 3 N–H and O–H groups in total. The lowest BCUT2D eigenvalue weighted by atomic mass is 10.1. The molecule has 6 heteroatoms. The van der Waals surface area contributed by atoms with Crippen molar-refractivity contribution >= 4 is 23.2 Å². The molecular formula is C15H15ClN2O3. The Bertz CT molecular complexity index is 629. The van der Waals surface area contributed by atoms with Gasteiger partial charge in [0, 0.05) is 28.4 Å². The Morgan fingerprint density at radius 1 is 1.24 bits per heavy atom. The number of rotatable bonds is 5. The topological polar surface area (TPSA) is 70.6 Å². The van der Waals surface area contributed by atoms with Crippen molar-refractivity contribution in [1.82, 2.24) is 5.48 Å². The van der Waals surface area contributed by atoms with E-state index in [0.29, 0.717) is 17.1 Å². The third-order valence-corrected chi connectivity index (χ3v) is 3.21. The normalized spacial score (nSPS) is 10.0. The molecule has 1 amide bonds. The van der Waals surface area contributed by atoms with Crippen molar-refractivity contribution in [1.29, 1.82) is 0 Å². The van der Waals surface area contributed by atoms with Gasteiger partial charge in [-0.3, -0.25) is 10.0 Å². The molecule has 0 aliphatic heterocycles. The third kappa shape index (κ3) is 3.87. The van der Waals surface area contributed by atoms with Crippen LogP contribution in [0, 0.1) is 0 Å². The standard InChI is InChI=1S/C15H15ClN2O3/c1-21-14-7-4-12(16)8-11(14)9-17-13-5-2-10(3-6-13)15(19)18-20/h2-8,17,20H,9H2,1H3,(H,18,19). The minimum Gasteiger partial charge on any atom is -0.496 e. The first kappa shape index (κ1) is 15.2. The van der Waals surface area contributed by atoms with Crippen LogP contribution in [0.2, 0.25) is 5.02 Å². The Hall–Kier alpha value is -2.24. The van der Waals surface area contributed by atoms with Crippen LogP contribution in [-0.4, -0.2) is 18.2 Å². The number of halogens is 1. The first-order chi connectivity index (χ1) is 10.1. The Labute approximate surface area is 127 Å². The smallest absolute Gasteiger partial charge is 0.274 e. The number of nitrogens with one attached hydrogen (secondary N) is 2. The molecule has 0 saturated carbocycles. The van der Waals surface area contributed by atoms with Gasteiger partial charge in [-0.25, -0.2) is 5.48 Å². The van der Waals surface area contributed by atoms with Crippen LogP contribution in [0.25, 0.3) is 0 Å². The number of amides is 1. The molecule has 0 atom stereocenters. The summed E-state index contributed by atoms with van der Waals surface area (Å²) in [7, 11) is 1.61. The lowest BCUT2D eigenvalue weighted by Crippen LogP contribution is -2.18. The van der Waals surface area contributed by atoms with E-state index < -0.39 is 5.91 Å². The van der Waals surface area contributed by atoms with Gasteiger partial charge < -0.3 is 10.1 Å². The second-order valence-electron chi connectivity index (χ2n) is 4.33. The Balaban J connectivity index is 2.06. The largest absolute Gasteiger partial charge is 0.496 e. The molecule has 0 saturated heterocycles. The monoisotopic (exact) mass is 306 g/mol. The fourth-order valence-electron chi connectivity index (χ4n) is 1.89. The van der Waals surface area contributed by atoms with E-state index in [1.54, 1.807) is 42.9 Å². The van der Waals surface area contributed by atoms with Crippen molar-refractivity contribution in [2.75, 3.05) is 12.4 Å². The van der Waals surface area contributed by atoms with Crippen LogP contribution in [0.1, 0.15) is 15.9 Å². The maximum atomic E-state index is 11.2. The molecule has 21 heavy (non-hydrogen) atoms. The van der Waals surface area contributed by atoms with E-state index in [1.807, 2.05) is 12.1 Å². The molecule has 2 aromatic rings. The van der Waals surface area contributed by atoms with Crippen molar-refractivity contribution in [3.8, 4) is 5.75 Å². The zero-order valence-electron chi connectivity index (χ0n) is 11.4. The van der Waals surface area contributed by atoms with E-state index in [2.05, 4.69) is 5.32 Å². The van der Waals surface area contributed by atoms with Crippen LogP contribution in [-0.2, 0) is 6.54 Å². The first-order valence-electron chi connectivity index (χ1n) is 6.25. The van der Waals surface area contributed by atoms with E-state index in [9.17, 15) is 4.79 Å². The summed E-state index contributed by atoms with van der Waals surface area (Å²) in [4.78, 5) is 11.2. The lowest BCUT2D eigenvalue weighted by Gasteiger charge is -2.11. The molecule has 0 aromatic heterocycles. The zero-order valence-corrected chi connectivity index (χ0v) is 12.1. The van der Waals surface area contributed by atoms with Crippen LogP contribution >= 0.6 is 11.6 Å². The van der Waals surface area contributed by atoms with Gasteiger partial charge in [0.25, 0.3) is 5.91 Å². The molecule has 0 fully saturated rings. The Kier molecular flexibility index (Phi) is 5.03. The van der Waals surface area contributed by atoms with Gasteiger partial charge in [-0.05, 0) is 42.5 Å². The van der Waals surface area contributed by atoms with E-state index in [4.69, 9.17) is 21.5 Å². The number of carbonyl (C=O) groups is 1. The molecule has 0 bridgehead atoms. The molecule has 0 radical (unpaired) electrons. The summed E-state index contributed by atoms with van der Waals surface area (Å²) in [5.41, 5.74) is 3.74. The Morgan fingerprint density at radius 2 is 1.95 bits per heavy atom. The van der Waals surface area contributed by atoms with Crippen LogP contribution < -0.4 is 15.5 Å². The number of hydrogen-bond donors (Lipinski definition) is 3. The van der Waals surface area contributed by atoms with Crippen LogP contribution in [0.5, 0.6) is 5.75 Å². The number of methoxy groups -OCH3 is 1. The molecule has 5 nitrogen and oxygen atoms in total. The summed E-state index contributed by atoms with van der Waals surface area (Å²) in [6.07, 6.45) is 0. The van der Waals surface area contributed by atoms with Gasteiger partial charge in [-0.2, -0.15) is 0 Å². The number of ether oxygens (including phenoxy) is 1. The van der Waals surface area contributed by atoms with E-state index in [-0.39, 0.29) is 0 Å². The van der Waals surface area contributed by atoms with Crippen LogP contribution in [0.3, 0.4) is 0 Å². The van der Waals surface area contributed by atoms with E-state index in [1.165, 1.54) is 0 Å². The van der Waals surface area contributed by atoms with E-state index in [0.717, 1.165) is 17.0 Å². The number of benzene rings is 2. The SMILES string of the molecule is COc1ccc(Cl)cc1CNc1ccc(C(=O)NO)cc1. The van der Waals surface area contributed by atoms with Gasteiger partial charge in [-0.15, -0.1) is 0 Å². The summed E-state index contributed by atoms with van der Waals surface area (Å²) in [6, 6.07) is 12.1. The van der Waals surface area contributed by atoms with Crippen molar-refractivity contribution in [3.05, 3.63) is 58.6 Å². The summed E-state index contributed by atoms with van der Waals surface area (Å²) in [5.74, 6) is 0.209. The molecule has 0 aliphatic carbocycles. The Morgan fingerprint density at radius 3 is 2.57 bits per heavy atom. The van der Waals surface area contributed by atoms with Crippen molar-refractivity contribution in [3.63, 3.8) is 0 Å². The second kappa shape index (κ2) is 6.97. The highest BCUT2D eigenvalue weighted by molar-refractivity contribution is 6.30. The molecule has 0 unspecified atom stereocenters. The number of hydroxylamine groups is 1. The molecular weight excluding hydrogens is 292 g/mol. The van der Waals surface area contributed by atoms with Crippen molar-refractivity contribution in [2.24, 2.45) is 0 Å². The highest BCUT2D eigenvalue weighted by Crippen LogP contribution is 2.23. The van der Waals surface area contributed by atoms with Crippen LogP contribution in [0.4, 0.5) is 5.69 Å². The zero-order chi connectivity index (χ0) is 15.2. The summed E-state index contributed by atoms with van der Waals surface area (Å²) in [6.45, 7) is 0.537. The van der Waals surface area contributed by atoms with Gasteiger partial charge in [0.05, 0.1) is 7.11 Å². The predicted molar refractivity (Wildman–Crippen MR) is 81.0 cm³/mol. The maximum absolute atomic E-state index is 11.2. The molecule has 110 valence electrons. The average Bonchev–Trinajstić information content (AvgIpc) is 2.52. The highest BCUT2D eigenvalue weighted by atomic mass is 35.5. The van der Waals surface area contributed by atoms with Gasteiger partial charge in [0.15, 0.2) is 0 Å². The van der Waals surface area contributed by atoms with Gasteiger partial charge >= 0.3 is 0 Å². The van der Waals surface area contributed by atoms with Crippen molar-refractivity contribution < 1.29 is 14.7 Å². The highest BCUT2D eigenvalue weighted by Gasteiger charge is 2.05. The van der Waals surface area contributed by atoms with Gasteiger partial charge in [-0.1, -0.05) is 11.6 Å². The fraction of sp³-hybridized carbons (Fsp3) is 0.133. The lowest BCUT2D eigenvalue weighted by molar-refractivity contribution is 0.0706.